The molecule has 1 aromatic carbocycles. The highest BCUT2D eigenvalue weighted by Gasteiger charge is 2.54. The van der Waals surface area contributed by atoms with Crippen molar-refractivity contribution in [3.05, 3.63) is 23.9 Å². The topological polar surface area (TPSA) is 140 Å². The van der Waals surface area contributed by atoms with Crippen LogP contribution in [0.3, 0.4) is 0 Å². The van der Waals surface area contributed by atoms with Crippen molar-refractivity contribution in [3.63, 3.8) is 0 Å². The molecular formula is C31H42N4O7. The van der Waals surface area contributed by atoms with Gasteiger partial charge >= 0.3 is 12.1 Å². The van der Waals surface area contributed by atoms with E-state index in [1.54, 1.807) is 20.1 Å². The monoisotopic (exact) mass is 582 g/mol. The first kappa shape index (κ1) is 29.8. The number of hydrogen-bond acceptors (Lipinski definition) is 8. The molecule has 2 aliphatic heterocycles. The Balaban J connectivity index is 1.52. The molecule has 5 rings (SSSR count). The van der Waals surface area contributed by atoms with E-state index in [1.165, 1.54) is 4.90 Å². The molecule has 2 fully saturated rings. The number of nitrogens with one attached hydrogen (secondary N) is 1. The molecule has 6 atom stereocenters. The number of methoxy groups -OCH3 is 1. The van der Waals surface area contributed by atoms with Gasteiger partial charge in [-0.2, -0.15) is 0 Å². The number of hydrogen-bond donors (Lipinski definition) is 2. The Morgan fingerprint density at radius 1 is 1.17 bits per heavy atom. The number of aromatic nitrogens is 2. The molecule has 0 radical (unpaired) electrons. The second-order valence-electron chi connectivity index (χ2n) is 13.3. The van der Waals surface area contributed by atoms with Gasteiger partial charge in [-0.1, -0.05) is 40.5 Å². The summed E-state index contributed by atoms with van der Waals surface area (Å²) in [7, 11) is 1.58. The Morgan fingerprint density at radius 2 is 1.93 bits per heavy atom. The zero-order valence-electron chi connectivity index (χ0n) is 25.3. The third kappa shape index (κ3) is 5.96. The van der Waals surface area contributed by atoms with Crippen LogP contribution in [0, 0.1) is 17.3 Å². The quantitative estimate of drug-likeness (QED) is 0.529. The second-order valence-corrected chi connectivity index (χ2v) is 13.3. The summed E-state index contributed by atoms with van der Waals surface area (Å²) in [4.78, 5) is 50.5. The minimum Gasteiger partial charge on any atom is -0.497 e. The SMILES string of the molecule is COc1ccc2nc3c(nc2c1)O[C@H]1CN(C(=O)[C@H](C(C)(C)C)NC(=O)O[C@]2(C)C[C@H]2CCCCC3)[C@H](C(=O)O)[C@@H]1C. The Hall–Kier alpha value is -3.63. The van der Waals surface area contributed by atoms with Gasteiger partial charge in [0.05, 0.1) is 24.7 Å². The number of ether oxygens (including phenoxy) is 3. The first-order valence-electron chi connectivity index (χ1n) is 14.8. The van der Waals surface area contributed by atoms with E-state index in [1.807, 2.05) is 39.8 Å². The Kier molecular flexibility index (Phi) is 7.98. The number of aliphatic carboxylic acids is 1. The number of amides is 2. The van der Waals surface area contributed by atoms with E-state index in [-0.39, 0.29) is 12.5 Å². The van der Waals surface area contributed by atoms with E-state index in [0.29, 0.717) is 29.3 Å². The van der Waals surface area contributed by atoms with E-state index in [2.05, 4.69) is 5.32 Å². The summed E-state index contributed by atoms with van der Waals surface area (Å²) in [6, 6.07) is 3.35. The van der Waals surface area contributed by atoms with Crippen molar-refractivity contribution in [2.45, 2.75) is 96.9 Å². The van der Waals surface area contributed by atoms with Crippen molar-refractivity contribution >= 4 is 29.0 Å². The fourth-order valence-electron chi connectivity index (χ4n) is 6.27. The summed E-state index contributed by atoms with van der Waals surface area (Å²) in [6.07, 6.45) is 3.87. The highest BCUT2D eigenvalue weighted by atomic mass is 16.6. The van der Waals surface area contributed by atoms with Gasteiger partial charge in [-0.05, 0) is 50.2 Å². The van der Waals surface area contributed by atoms with Crippen molar-refractivity contribution in [1.82, 2.24) is 20.2 Å². The van der Waals surface area contributed by atoms with Crippen LogP contribution in [-0.2, 0) is 20.7 Å². The number of aryl methyl sites for hydroxylation is 1. The maximum atomic E-state index is 14.0. The van der Waals surface area contributed by atoms with Crippen LogP contribution < -0.4 is 14.8 Å². The van der Waals surface area contributed by atoms with Gasteiger partial charge in [0.1, 0.15) is 35.2 Å². The van der Waals surface area contributed by atoms with Gasteiger partial charge in [0.2, 0.25) is 11.8 Å². The second kappa shape index (κ2) is 11.2. The van der Waals surface area contributed by atoms with Crippen LogP contribution in [0.2, 0.25) is 0 Å². The molecule has 2 N–H and O–H groups in total. The number of carbonyl (C=O) groups excluding carboxylic acids is 2. The molecule has 11 nitrogen and oxygen atoms in total. The lowest BCUT2D eigenvalue weighted by Gasteiger charge is -2.35. The number of carbonyl (C=O) groups is 3. The van der Waals surface area contributed by atoms with Gasteiger partial charge in [-0.3, -0.25) is 4.79 Å². The lowest BCUT2D eigenvalue weighted by molar-refractivity contribution is -0.151. The van der Waals surface area contributed by atoms with Gasteiger partial charge < -0.3 is 29.5 Å². The molecule has 1 aromatic heterocycles. The minimum atomic E-state index is -1.14. The zero-order chi connectivity index (χ0) is 30.4. The maximum absolute atomic E-state index is 14.0. The molecule has 0 spiro atoms. The van der Waals surface area contributed by atoms with Crippen molar-refractivity contribution in [2.75, 3.05) is 13.7 Å². The van der Waals surface area contributed by atoms with Crippen LogP contribution >= 0.6 is 0 Å². The summed E-state index contributed by atoms with van der Waals surface area (Å²) >= 11 is 0. The number of alkyl carbamates (subject to hydrolysis) is 1. The highest BCUT2D eigenvalue weighted by molar-refractivity contribution is 5.90. The van der Waals surface area contributed by atoms with Crippen molar-refractivity contribution < 1.29 is 33.7 Å². The number of fused-ring (bicyclic) bond motifs is 5. The van der Waals surface area contributed by atoms with E-state index in [4.69, 9.17) is 24.2 Å². The maximum Gasteiger partial charge on any atom is 0.408 e. The molecule has 3 heterocycles. The number of benzene rings is 1. The summed E-state index contributed by atoms with van der Waals surface area (Å²) in [5.74, 6) is -0.931. The summed E-state index contributed by atoms with van der Waals surface area (Å²) in [5, 5.41) is 13.0. The first-order valence-corrected chi connectivity index (χ1v) is 14.8. The zero-order valence-corrected chi connectivity index (χ0v) is 25.3. The third-order valence-electron chi connectivity index (χ3n) is 9.03. The molecule has 11 heteroatoms. The van der Waals surface area contributed by atoms with Gasteiger partial charge in [-0.15, -0.1) is 0 Å². The molecule has 1 saturated heterocycles. The minimum absolute atomic E-state index is 0.0251. The van der Waals surface area contributed by atoms with Crippen molar-refractivity contribution in [1.29, 1.82) is 0 Å². The van der Waals surface area contributed by atoms with Gasteiger partial charge in [0.15, 0.2) is 0 Å². The Bertz CT molecular complexity index is 1380. The largest absolute Gasteiger partial charge is 0.497 e. The summed E-state index contributed by atoms with van der Waals surface area (Å²) in [5.41, 5.74) is 0.755. The summed E-state index contributed by atoms with van der Waals surface area (Å²) < 4.78 is 17.6. The molecular weight excluding hydrogens is 540 g/mol. The molecule has 2 amide bonds. The molecule has 2 aromatic rings. The fraction of sp³-hybridized carbons (Fsp3) is 0.645. The van der Waals surface area contributed by atoms with Gasteiger partial charge in [0.25, 0.3) is 0 Å². The molecule has 1 saturated carbocycles. The average Bonchev–Trinajstić information content (AvgIpc) is 3.43. The Labute approximate surface area is 246 Å². The first-order chi connectivity index (χ1) is 19.8. The molecule has 228 valence electrons. The molecule has 3 aliphatic rings. The number of carboxylic acid groups (broad SMARTS) is 1. The fourth-order valence-corrected chi connectivity index (χ4v) is 6.27. The van der Waals surface area contributed by atoms with E-state index < -0.39 is 53.1 Å². The number of rotatable bonds is 2. The number of nitrogens with zero attached hydrogens (tertiary/aromatic N) is 3. The van der Waals surface area contributed by atoms with Crippen LogP contribution in [0.5, 0.6) is 11.6 Å². The van der Waals surface area contributed by atoms with Crippen molar-refractivity contribution in [2.24, 2.45) is 17.3 Å². The summed E-state index contributed by atoms with van der Waals surface area (Å²) in [6.45, 7) is 9.21. The predicted molar refractivity (Wildman–Crippen MR) is 154 cm³/mol. The normalized spacial score (nSPS) is 30.6. The van der Waals surface area contributed by atoms with E-state index >= 15 is 0 Å². The van der Waals surface area contributed by atoms with Crippen LogP contribution in [-0.4, -0.2) is 75.4 Å². The van der Waals surface area contributed by atoms with Crippen LogP contribution in [0.4, 0.5) is 4.79 Å². The standard InChI is InChI=1S/C31H42N4O7/c1-17-23-16-35(24(17)28(37)38)27(36)25(30(2,3)4)34-29(39)42-31(5)15-18(31)10-8-7-9-11-21-26(41-23)33-22-14-19(40-6)12-13-20(22)32-21/h12-14,17-18,23-25H,7-11,15-16H2,1-6H3,(H,34,39)(H,37,38)/t17-,18-,23+,24+,25-,31-/m1/s1. The van der Waals surface area contributed by atoms with Gasteiger partial charge in [-0.25, -0.2) is 19.6 Å². The van der Waals surface area contributed by atoms with Crippen LogP contribution in [0.1, 0.15) is 72.4 Å². The lowest BCUT2D eigenvalue weighted by atomic mass is 9.85. The molecule has 2 bridgehead atoms. The molecule has 42 heavy (non-hydrogen) atoms. The van der Waals surface area contributed by atoms with Crippen molar-refractivity contribution in [3.8, 4) is 11.6 Å². The smallest absolute Gasteiger partial charge is 0.408 e. The predicted octanol–water partition coefficient (Wildman–Crippen LogP) is 4.35. The molecule has 1 aliphatic carbocycles. The molecule has 0 unspecified atom stereocenters. The van der Waals surface area contributed by atoms with E-state index in [9.17, 15) is 19.5 Å². The van der Waals surface area contributed by atoms with E-state index in [0.717, 1.165) is 37.6 Å². The highest BCUT2D eigenvalue weighted by Crippen LogP contribution is 2.49. The third-order valence-corrected chi connectivity index (χ3v) is 9.03. The van der Waals surface area contributed by atoms with Crippen LogP contribution in [0.25, 0.3) is 11.0 Å². The lowest BCUT2D eigenvalue weighted by Crippen LogP contribution is -2.57. The average molecular weight is 583 g/mol. The Morgan fingerprint density at radius 3 is 2.62 bits per heavy atom. The van der Waals surface area contributed by atoms with Crippen LogP contribution in [0.15, 0.2) is 18.2 Å². The van der Waals surface area contributed by atoms with Gasteiger partial charge in [0, 0.05) is 17.9 Å². The number of carboxylic acids is 1.